The van der Waals surface area contributed by atoms with Crippen LogP contribution in [0, 0.1) is 17.3 Å². The SMILES string of the molecule is CC1CC23CN(C)CC[C@H]2Cc2[nH]c4ccc(C(F)(F)F)cc4c2C13. The number of nitrogens with zero attached hydrogens (tertiary/aromatic N) is 1. The minimum absolute atomic E-state index is 0.267. The van der Waals surface area contributed by atoms with E-state index in [1.807, 2.05) is 0 Å². The second kappa shape index (κ2) is 4.81. The first-order valence-electron chi connectivity index (χ1n) is 9.20. The summed E-state index contributed by atoms with van der Waals surface area (Å²) < 4.78 is 39.7. The fourth-order valence-corrected chi connectivity index (χ4v) is 6.29. The number of piperidine rings is 1. The highest BCUT2D eigenvalue weighted by Gasteiger charge is 2.61. The molecule has 1 aromatic heterocycles. The van der Waals surface area contributed by atoms with Crippen LogP contribution in [0.2, 0.25) is 0 Å². The van der Waals surface area contributed by atoms with E-state index in [-0.39, 0.29) is 5.41 Å². The van der Waals surface area contributed by atoms with E-state index in [0.29, 0.717) is 17.8 Å². The highest BCUT2D eigenvalue weighted by atomic mass is 19.4. The van der Waals surface area contributed by atoms with Crippen molar-refractivity contribution >= 4 is 10.9 Å². The molecule has 2 aliphatic carbocycles. The summed E-state index contributed by atoms with van der Waals surface area (Å²) in [5.74, 6) is 1.59. The van der Waals surface area contributed by atoms with E-state index >= 15 is 0 Å². The summed E-state index contributed by atoms with van der Waals surface area (Å²) in [6.45, 7) is 4.47. The van der Waals surface area contributed by atoms with Gasteiger partial charge in [0, 0.05) is 23.1 Å². The van der Waals surface area contributed by atoms with Gasteiger partial charge in [0.2, 0.25) is 0 Å². The van der Waals surface area contributed by atoms with Gasteiger partial charge < -0.3 is 9.88 Å². The van der Waals surface area contributed by atoms with Gasteiger partial charge in [-0.1, -0.05) is 6.92 Å². The van der Waals surface area contributed by atoms with Crippen LogP contribution in [0.4, 0.5) is 13.2 Å². The maximum absolute atomic E-state index is 13.2. The van der Waals surface area contributed by atoms with Crippen LogP contribution < -0.4 is 0 Å². The van der Waals surface area contributed by atoms with Crippen LogP contribution in [-0.4, -0.2) is 30.0 Å². The fourth-order valence-electron chi connectivity index (χ4n) is 6.29. The molecule has 134 valence electrons. The van der Waals surface area contributed by atoms with Crippen molar-refractivity contribution in [3.05, 3.63) is 35.0 Å². The third-order valence-corrected chi connectivity index (χ3v) is 7.14. The Balaban J connectivity index is 1.70. The molecule has 25 heavy (non-hydrogen) atoms. The summed E-state index contributed by atoms with van der Waals surface area (Å²) in [5.41, 5.74) is 2.97. The van der Waals surface area contributed by atoms with E-state index in [4.69, 9.17) is 0 Å². The molecule has 2 nitrogen and oxygen atoms in total. The van der Waals surface area contributed by atoms with Crippen LogP contribution in [0.3, 0.4) is 0 Å². The minimum Gasteiger partial charge on any atom is -0.358 e. The predicted octanol–water partition coefficient (Wildman–Crippen LogP) is 4.80. The molecule has 2 heterocycles. The Morgan fingerprint density at radius 1 is 1.28 bits per heavy atom. The van der Waals surface area contributed by atoms with Gasteiger partial charge in [-0.3, -0.25) is 0 Å². The van der Waals surface area contributed by atoms with Gasteiger partial charge in [-0.2, -0.15) is 13.2 Å². The molecule has 3 unspecified atom stereocenters. The number of hydrogen-bond donors (Lipinski definition) is 1. The number of likely N-dealkylation sites (tertiary alicyclic amines) is 1. The fraction of sp³-hybridized carbons (Fsp3) is 0.600. The van der Waals surface area contributed by atoms with Crippen molar-refractivity contribution < 1.29 is 13.2 Å². The number of benzene rings is 1. The van der Waals surface area contributed by atoms with Crippen molar-refractivity contribution in [1.29, 1.82) is 0 Å². The Hall–Kier alpha value is -1.49. The quantitative estimate of drug-likeness (QED) is 0.724. The lowest BCUT2D eigenvalue weighted by Crippen LogP contribution is -2.61. The molecule has 0 radical (unpaired) electrons. The van der Waals surface area contributed by atoms with Gasteiger partial charge in [0.25, 0.3) is 0 Å². The Kier molecular flexibility index (Phi) is 3.03. The van der Waals surface area contributed by atoms with Crippen LogP contribution in [0.5, 0.6) is 0 Å². The number of hydrogen-bond acceptors (Lipinski definition) is 1. The number of fused-ring (bicyclic) bond motifs is 4. The summed E-state index contributed by atoms with van der Waals surface area (Å²) in [7, 11) is 2.18. The smallest absolute Gasteiger partial charge is 0.358 e. The summed E-state index contributed by atoms with van der Waals surface area (Å²) in [6.07, 6.45) is -0.897. The Morgan fingerprint density at radius 3 is 2.80 bits per heavy atom. The Bertz CT molecular complexity index is 852. The number of aromatic amines is 1. The number of nitrogens with one attached hydrogen (secondary N) is 1. The second-order valence-corrected chi connectivity index (χ2v) is 8.60. The average molecular weight is 348 g/mol. The van der Waals surface area contributed by atoms with Crippen LogP contribution in [0.15, 0.2) is 18.2 Å². The summed E-state index contributed by atoms with van der Waals surface area (Å²) >= 11 is 0. The van der Waals surface area contributed by atoms with Crippen molar-refractivity contribution in [2.24, 2.45) is 17.3 Å². The van der Waals surface area contributed by atoms with Gasteiger partial charge >= 0.3 is 6.18 Å². The summed E-state index contributed by atoms with van der Waals surface area (Å²) in [5, 5.41) is 0.799. The molecule has 0 amide bonds. The molecule has 0 bridgehead atoms. The maximum Gasteiger partial charge on any atom is 0.416 e. The van der Waals surface area contributed by atoms with Gasteiger partial charge in [-0.25, -0.2) is 0 Å². The molecule has 1 aromatic carbocycles. The average Bonchev–Trinajstić information content (AvgIpc) is 2.86. The van der Waals surface area contributed by atoms with E-state index in [0.717, 1.165) is 30.4 Å². The number of alkyl halides is 3. The van der Waals surface area contributed by atoms with E-state index in [9.17, 15) is 13.2 Å². The van der Waals surface area contributed by atoms with Gasteiger partial charge in [0.05, 0.1) is 5.56 Å². The number of halogens is 3. The molecule has 5 rings (SSSR count). The standard InChI is InChI=1S/C20H23F3N2/c1-11-9-19-10-25(2)6-5-12(19)8-16-17(18(11)19)14-7-13(20(21,22)23)3-4-15(14)24-16/h3-4,7,11-12,18,24H,5-6,8-10H2,1-2H3/t11?,12-,18?,19?/m0/s1. The second-order valence-electron chi connectivity index (χ2n) is 8.60. The van der Waals surface area contributed by atoms with Gasteiger partial charge in [-0.15, -0.1) is 0 Å². The number of aromatic nitrogens is 1. The molecule has 1 N–H and O–H groups in total. The Labute approximate surface area is 145 Å². The van der Waals surface area contributed by atoms with Crippen molar-refractivity contribution in [3.63, 3.8) is 0 Å². The molecule has 4 atom stereocenters. The molecule has 5 heteroatoms. The summed E-state index contributed by atoms with van der Waals surface area (Å²) in [6, 6.07) is 4.18. The van der Waals surface area contributed by atoms with Crippen LogP contribution >= 0.6 is 0 Å². The molecule has 1 saturated heterocycles. The van der Waals surface area contributed by atoms with Gasteiger partial charge in [0.1, 0.15) is 0 Å². The first kappa shape index (κ1) is 15.7. The highest BCUT2D eigenvalue weighted by Crippen LogP contribution is 2.67. The van der Waals surface area contributed by atoms with Crippen molar-refractivity contribution in [1.82, 2.24) is 9.88 Å². The van der Waals surface area contributed by atoms with E-state index in [1.54, 1.807) is 6.07 Å². The third kappa shape index (κ3) is 2.02. The molecule has 1 aliphatic heterocycles. The number of H-pyrrole nitrogens is 1. The zero-order valence-electron chi connectivity index (χ0n) is 14.6. The molecule has 1 saturated carbocycles. The highest BCUT2D eigenvalue weighted by molar-refractivity contribution is 5.87. The Morgan fingerprint density at radius 2 is 2.08 bits per heavy atom. The largest absolute Gasteiger partial charge is 0.416 e. The van der Waals surface area contributed by atoms with E-state index in [2.05, 4.69) is 23.9 Å². The van der Waals surface area contributed by atoms with Crippen LogP contribution in [0.1, 0.15) is 42.5 Å². The normalized spacial score (nSPS) is 35.0. The van der Waals surface area contributed by atoms with E-state index < -0.39 is 11.7 Å². The van der Waals surface area contributed by atoms with Gasteiger partial charge in [0.15, 0.2) is 0 Å². The monoisotopic (exact) mass is 348 g/mol. The predicted molar refractivity (Wildman–Crippen MR) is 91.6 cm³/mol. The zero-order chi connectivity index (χ0) is 17.6. The third-order valence-electron chi connectivity index (χ3n) is 7.14. The van der Waals surface area contributed by atoms with Crippen molar-refractivity contribution in [3.8, 4) is 0 Å². The molecule has 1 spiro atoms. The molecular weight excluding hydrogens is 325 g/mol. The molecule has 2 aromatic rings. The van der Waals surface area contributed by atoms with Crippen molar-refractivity contribution in [2.75, 3.05) is 20.1 Å². The summed E-state index contributed by atoms with van der Waals surface area (Å²) in [4.78, 5) is 5.87. The van der Waals surface area contributed by atoms with Crippen molar-refractivity contribution in [2.45, 2.75) is 38.3 Å². The lowest BCUT2D eigenvalue weighted by atomic mass is 9.43. The molecule has 3 aliphatic rings. The maximum atomic E-state index is 13.2. The first-order valence-corrected chi connectivity index (χ1v) is 9.20. The lowest BCUT2D eigenvalue weighted by Gasteiger charge is -2.64. The minimum atomic E-state index is -4.29. The molecule has 2 fully saturated rings. The van der Waals surface area contributed by atoms with Crippen LogP contribution in [-0.2, 0) is 12.6 Å². The first-order chi connectivity index (χ1) is 11.8. The topological polar surface area (TPSA) is 19.0 Å². The van der Waals surface area contributed by atoms with E-state index in [1.165, 1.54) is 36.2 Å². The zero-order valence-corrected chi connectivity index (χ0v) is 14.6. The lowest BCUT2D eigenvalue weighted by molar-refractivity contribution is -0.137. The van der Waals surface area contributed by atoms with Gasteiger partial charge in [-0.05, 0) is 79.8 Å². The molecular formula is C20H23F3N2. The van der Waals surface area contributed by atoms with Crippen LogP contribution in [0.25, 0.3) is 10.9 Å². The number of rotatable bonds is 0.